The number of nitrogens with zero attached hydrogens (tertiary/aromatic N) is 4. The van der Waals surface area contributed by atoms with Crippen molar-refractivity contribution in [1.82, 2.24) is 25.3 Å². The van der Waals surface area contributed by atoms with Crippen LogP contribution in [0.5, 0.6) is 0 Å². The fourth-order valence-corrected chi connectivity index (χ4v) is 2.14. The summed E-state index contributed by atoms with van der Waals surface area (Å²) in [4.78, 5) is 3.93. The molecular formula is C14H20FN5. The van der Waals surface area contributed by atoms with Gasteiger partial charge in [0.15, 0.2) is 0 Å². The van der Waals surface area contributed by atoms with Crippen LogP contribution in [-0.2, 0) is 6.54 Å². The average molecular weight is 277 g/mol. The van der Waals surface area contributed by atoms with Gasteiger partial charge < -0.3 is 5.32 Å². The van der Waals surface area contributed by atoms with E-state index in [2.05, 4.69) is 34.5 Å². The fourth-order valence-electron chi connectivity index (χ4n) is 2.14. The first-order valence-corrected chi connectivity index (χ1v) is 6.98. The lowest BCUT2D eigenvalue weighted by molar-refractivity contribution is 0.501. The van der Waals surface area contributed by atoms with Crippen molar-refractivity contribution >= 4 is 0 Å². The van der Waals surface area contributed by atoms with Crippen molar-refractivity contribution in [3.05, 3.63) is 41.7 Å². The molecule has 6 heteroatoms. The minimum atomic E-state index is -0.333. The molecule has 2 aromatic rings. The maximum absolute atomic E-state index is 13.4. The normalized spacial score (nSPS) is 12.6. The van der Waals surface area contributed by atoms with Crippen LogP contribution < -0.4 is 5.32 Å². The molecule has 20 heavy (non-hydrogen) atoms. The lowest BCUT2D eigenvalue weighted by Gasteiger charge is -2.19. The Bertz CT molecular complexity index is 540. The molecule has 2 heterocycles. The van der Waals surface area contributed by atoms with Crippen LogP contribution in [0.2, 0.25) is 0 Å². The van der Waals surface area contributed by atoms with Crippen LogP contribution in [0.3, 0.4) is 0 Å². The van der Waals surface area contributed by atoms with Gasteiger partial charge >= 0.3 is 0 Å². The van der Waals surface area contributed by atoms with Gasteiger partial charge in [-0.2, -0.15) is 0 Å². The summed E-state index contributed by atoms with van der Waals surface area (Å²) < 4.78 is 15.3. The molecule has 2 aromatic heterocycles. The smallest absolute Gasteiger partial charge is 0.141 e. The highest BCUT2D eigenvalue weighted by Crippen LogP contribution is 2.21. The van der Waals surface area contributed by atoms with E-state index in [9.17, 15) is 4.39 Å². The SMILES string of the molecule is CCCNC(c1cncc(F)c1)c1cnnn1CCC. The Morgan fingerprint density at radius 3 is 2.80 bits per heavy atom. The molecule has 0 bridgehead atoms. The van der Waals surface area contributed by atoms with Crippen molar-refractivity contribution in [1.29, 1.82) is 0 Å². The van der Waals surface area contributed by atoms with Crippen LogP contribution >= 0.6 is 0 Å². The van der Waals surface area contributed by atoms with Crippen molar-refractivity contribution in [2.75, 3.05) is 6.54 Å². The Kier molecular flexibility index (Phi) is 5.17. The van der Waals surface area contributed by atoms with Gasteiger partial charge in [-0.1, -0.05) is 19.1 Å². The zero-order valence-electron chi connectivity index (χ0n) is 11.9. The summed E-state index contributed by atoms with van der Waals surface area (Å²) in [7, 11) is 0. The molecule has 1 N–H and O–H groups in total. The monoisotopic (exact) mass is 277 g/mol. The molecular weight excluding hydrogens is 257 g/mol. The lowest BCUT2D eigenvalue weighted by Crippen LogP contribution is -2.26. The van der Waals surface area contributed by atoms with Gasteiger partial charge in [0.05, 0.1) is 24.1 Å². The van der Waals surface area contributed by atoms with Gasteiger partial charge in [-0.3, -0.25) is 4.98 Å². The zero-order valence-corrected chi connectivity index (χ0v) is 11.9. The molecule has 1 atom stereocenters. The minimum absolute atomic E-state index is 0.139. The van der Waals surface area contributed by atoms with Crippen LogP contribution in [0.4, 0.5) is 4.39 Å². The summed E-state index contributed by atoms with van der Waals surface area (Å²) >= 11 is 0. The molecule has 0 saturated carbocycles. The number of rotatable bonds is 7. The first kappa shape index (κ1) is 14.6. The van der Waals surface area contributed by atoms with Crippen LogP contribution in [-0.4, -0.2) is 26.5 Å². The van der Waals surface area contributed by atoms with Crippen LogP contribution in [0, 0.1) is 5.82 Å². The fraction of sp³-hybridized carbons (Fsp3) is 0.500. The van der Waals surface area contributed by atoms with Crippen molar-refractivity contribution in [2.24, 2.45) is 0 Å². The van der Waals surface area contributed by atoms with Gasteiger partial charge in [-0.15, -0.1) is 5.10 Å². The molecule has 5 nitrogen and oxygen atoms in total. The topological polar surface area (TPSA) is 55.6 Å². The third kappa shape index (κ3) is 3.39. The number of aromatic nitrogens is 4. The van der Waals surface area contributed by atoms with Gasteiger partial charge in [0.1, 0.15) is 5.82 Å². The van der Waals surface area contributed by atoms with Crippen molar-refractivity contribution < 1.29 is 4.39 Å². The number of hydrogen-bond acceptors (Lipinski definition) is 4. The molecule has 0 aliphatic rings. The molecule has 0 fully saturated rings. The first-order valence-electron chi connectivity index (χ1n) is 6.98. The van der Waals surface area contributed by atoms with E-state index in [1.54, 1.807) is 12.4 Å². The second kappa shape index (κ2) is 7.09. The number of nitrogens with one attached hydrogen (secondary N) is 1. The van der Waals surface area contributed by atoms with E-state index in [1.807, 2.05) is 4.68 Å². The van der Waals surface area contributed by atoms with Gasteiger partial charge in [0, 0.05) is 12.7 Å². The van der Waals surface area contributed by atoms with E-state index in [-0.39, 0.29) is 11.9 Å². The second-order valence-electron chi connectivity index (χ2n) is 4.71. The van der Waals surface area contributed by atoms with Gasteiger partial charge in [-0.25, -0.2) is 9.07 Å². The molecule has 0 aliphatic heterocycles. The summed E-state index contributed by atoms with van der Waals surface area (Å²) in [5.74, 6) is -0.333. The number of aryl methyl sites for hydroxylation is 1. The van der Waals surface area contributed by atoms with Crippen molar-refractivity contribution in [2.45, 2.75) is 39.3 Å². The molecule has 0 amide bonds. The molecule has 0 aromatic carbocycles. The molecule has 1 unspecified atom stereocenters. The summed E-state index contributed by atoms with van der Waals surface area (Å²) in [6.07, 6.45) is 6.59. The summed E-state index contributed by atoms with van der Waals surface area (Å²) in [6.45, 7) is 5.81. The van der Waals surface area contributed by atoms with Crippen molar-refractivity contribution in [3.63, 3.8) is 0 Å². The standard InChI is InChI=1S/C14H20FN5/c1-3-5-17-14(11-7-12(15)9-16-8-11)13-10-18-19-20(13)6-4-2/h7-10,14,17H,3-6H2,1-2H3. The number of halogens is 1. The van der Waals surface area contributed by atoms with E-state index in [4.69, 9.17) is 0 Å². The Hall–Kier alpha value is -1.82. The quantitative estimate of drug-likeness (QED) is 0.844. The average Bonchev–Trinajstić information content (AvgIpc) is 2.88. The largest absolute Gasteiger partial charge is 0.305 e. The maximum atomic E-state index is 13.4. The summed E-state index contributed by atoms with van der Waals surface area (Å²) in [6, 6.07) is 1.36. The third-order valence-electron chi connectivity index (χ3n) is 3.04. The Balaban J connectivity index is 2.33. The highest BCUT2D eigenvalue weighted by molar-refractivity contribution is 5.24. The highest BCUT2D eigenvalue weighted by atomic mass is 19.1. The zero-order chi connectivity index (χ0) is 14.4. The molecule has 0 saturated heterocycles. The summed E-state index contributed by atoms with van der Waals surface area (Å²) in [5, 5.41) is 11.5. The molecule has 2 rings (SSSR count). The van der Waals surface area contributed by atoms with E-state index >= 15 is 0 Å². The van der Waals surface area contributed by atoms with Crippen LogP contribution in [0.25, 0.3) is 0 Å². The van der Waals surface area contributed by atoms with E-state index in [0.29, 0.717) is 0 Å². The molecule has 0 radical (unpaired) electrons. The molecule has 0 spiro atoms. The lowest BCUT2D eigenvalue weighted by atomic mass is 10.1. The predicted molar refractivity (Wildman–Crippen MR) is 74.6 cm³/mol. The Morgan fingerprint density at radius 2 is 2.10 bits per heavy atom. The van der Waals surface area contributed by atoms with Gasteiger partial charge in [-0.05, 0) is 31.0 Å². The number of hydrogen-bond donors (Lipinski definition) is 1. The summed E-state index contributed by atoms with van der Waals surface area (Å²) in [5.41, 5.74) is 1.73. The maximum Gasteiger partial charge on any atom is 0.141 e. The minimum Gasteiger partial charge on any atom is -0.305 e. The third-order valence-corrected chi connectivity index (χ3v) is 3.04. The van der Waals surface area contributed by atoms with Crippen molar-refractivity contribution in [3.8, 4) is 0 Å². The highest BCUT2D eigenvalue weighted by Gasteiger charge is 2.19. The van der Waals surface area contributed by atoms with Gasteiger partial charge in [0.2, 0.25) is 0 Å². The van der Waals surface area contributed by atoms with Crippen LogP contribution in [0.1, 0.15) is 44.0 Å². The first-order chi connectivity index (χ1) is 9.76. The molecule has 0 aliphatic carbocycles. The van der Waals surface area contributed by atoms with E-state index in [1.165, 1.54) is 12.3 Å². The van der Waals surface area contributed by atoms with Crippen LogP contribution in [0.15, 0.2) is 24.7 Å². The van der Waals surface area contributed by atoms with E-state index < -0.39 is 0 Å². The predicted octanol–water partition coefficient (Wildman–Crippen LogP) is 2.31. The molecule has 108 valence electrons. The number of pyridine rings is 1. The Labute approximate surface area is 118 Å². The Morgan fingerprint density at radius 1 is 1.25 bits per heavy atom. The van der Waals surface area contributed by atoms with Gasteiger partial charge in [0.25, 0.3) is 0 Å². The second-order valence-corrected chi connectivity index (χ2v) is 4.71. The van der Waals surface area contributed by atoms with E-state index in [0.717, 1.165) is 37.2 Å².